The Balaban J connectivity index is 2.11. The normalized spacial score (nSPS) is 20.0. The number of aryl methyl sites for hydroxylation is 1. The number of nitrogens with two attached hydrogens (primary N) is 1. The quantitative estimate of drug-likeness (QED) is 0.768. The van der Waals surface area contributed by atoms with E-state index in [0.29, 0.717) is 11.8 Å². The van der Waals surface area contributed by atoms with Gasteiger partial charge in [-0.25, -0.2) is 13.9 Å². The maximum absolute atomic E-state index is 12.7. The van der Waals surface area contributed by atoms with Crippen molar-refractivity contribution in [2.75, 3.05) is 13.6 Å². The molecule has 1 aromatic rings. The lowest BCUT2D eigenvalue weighted by Crippen LogP contribution is -2.63. The highest BCUT2D eigenvalue weighted by atomic mass is 16.2. The summed E-state index contributed by atoms with van der Waals surface area (Å²) < 4.78 is 3.74. The van der Waals surface area contributed by atoms with E-state index >= 15 is 0 Å². The summed E-state index contributed by atoms with van der Waals surface area (Å²) in [7, 11) is 1.54. The van der Waals surface area contributed by atoms with Gasteiger partial charge in [-0.2, -0.15) is 0 Å². The van der Waals surface area contributed by atoms with Gasteiger partial charge in [-0.15, -0.1) is 0 Å². The minimum Gasteiger partial charge on any atom is -0.368 e. The van der Waals surface area contributed by atoms with Crippen molar-refractivity contribution in [2.45, 2.75) is 32.9 Å². The van der Waals surface area contributed by atoms with E-state index in [1.807, 2.05) is 31.5 Å². The van der Waals surface area contributed by atoms with E-state index in [-0.39, 0.29) is 6.04 Å². The van der Waals surface area contributed by atoms with Crippen molar-refractivity contribution in [1.82, 2.24) is 14.4 Å². The summed E-state index contributed by atoms with van der Waals surface area (Å²) in [6.07, 6.45) is 1.83. The van der Waals surface area contributed by atoms with Crippen LogP contribution in [0.1, 0.15) is 31.6 Å². The lowest BCUT2D eigenvalue weighted by atomic mass is 10.1. The predicted molar refractivity (Wildman–Crippen MR) is 79.9 cm³/mol. The number of aromatic nitrogens is 2. The Morgan fingerprint density at radius 3 is 2.65 bits per heavy atom. The highest BCUT2D eigenvalue weighted by Gasteiger charge is 2.53. The second kappa shape index (κ2) is 4.90. The molecule has 1 atom stereocenters. The van der Waals surface area contributed by atoms with Gasteiger partial charge < -0.3 is 5.73 Å². The summed E-state index contributed by atoms with van der Waals surface area (Å²) >= 11 is 0. The van der Waals surface area contributed by atoms with Crippen LogP contribution in [0.5, 0.6) is 0 Å². The van der Waals surface area contributed by atoms with Crippen LogP contribution in [0.25, 0.3) is 0 Å². The number of imidazole rings is 1. The van der Waals surface area contributed by atoms with E-state index in [1.165, 1.54) is 11.9 Å². The van der Waals surface area contributed by atoms with Crippen LogP contribution in [-0.2, 0) is 9.59 Å². The molecule has 23 heavy (non-hydrogen) atoms. The lowest BCUT2D eigenvalue weighted by Gasteiger charge is -2.32. The van der Waals surface area contributed by atoms with Gasteiger partial charge in [-0.05, 0) is 20.8 Å². The number of aliphatic imine (C=N–C) groups is 1. The van der Waals surface area contributed by atoms with E-state index in [9.17, 15) is 14.4 Å². The largest absolute Gasteiger partial charge is 0.402 e. The first kappa shape index (κ1) is 15.2. The summed E-state index contributed by atoms with van der Waals surface area (Å²) in [5, 5.41) is 0. The first-order valence-corrected chi connectivity index (χ1v) is 7.33. The molecule has 9 nitrogen and oxygen atoms in total. The molecule has 3 rings (SSSR count). The zero-order chi connectivity index (χ0) is 17.0. The van der Waals surface area contributed by atoms with Gasteiger partial charge in [-0.3, -0.25) is 19.4 Å². The van der Waals surface area contributed by atoms with Crippen molar-refractivity contribution in [2.24, 2.45) is 10.7 Å². The summed E-state index contributed by atoms with van der Waals surface area (Å²) in [4.78, 5) is 42.8. The minimum atomic E-state index is -0.745. The fourth-order valence-corrected chi connectivity index (χ4v) is 3.14. The number of imide groups is 1. The highest BCUT2D eigenvalue weighted by molar-refractivity contribution is 6.19. The van der Waals surface area contributed by atoms with E-state index in [4.69, 9.17) is 5.73 Å². The Hall–Kier alpha value is -2.71. The topological polar surface area (TPSA) is 105 Å². The fraction of sp³-hybridized carbons (Fsp3) is 0.500. The summed E-state index contributed by atoms with van der Waals surface area (Å²) in [6, 6.07) is -1.18. The van der Waals surface area contributed by atoms with E-state index in [2.05, 4.69) is 4.99 Å². The number of likely N-dealkylation sites (N-methyl/N-ethyl adjacent to an activating group) is 1. The Labute approximate surface area is 133 Å². The second-order valence-electron chi connectivity index (χ2n) is 6.05. The zero-order valence-electron chi connectivity index (χ0n) is 13.5. The third kappa shape index (κ3) is 2.03. The van der Waals surface area contributed by atoms with Gasteiger partial charge in [0.1, 0.15) is 18.4 Å². The summed E-state index contributed by atoms with van der Waals surface area (Å²) in [5.41, 5.74) is 6.11. The SMILES string of the molecule is Cc1c[n+]2c(n1C(C)C)N=C1C2C(=O)N(CC(N)=O)C(=O)N1C. The van der Waals surface area contributed by atoms with Crippen LogP contribution in [0.15, 0.2) is 11.2 Å². The number of rotatable bonds is 3. The molecule has 0 radical (unpaired) electrons. The number of amides is 4. The number of nitrogens with zero attached hydrogens (tertiary/aromatic N) is 5. The Morgan fingerprint density at radius 1 is 1.43 bits per heavy atom. The van der Waals surface area contributed by atoms with Crippen molar-refractivity contribution in [3.63, 3.8) is 0 Å². The number of urea groups is 1. The molecule has 0 bridgehead atoms. The molecule has 9 heteroatoms. The van der Waals surface area contributed by atoms with Crippen molar-refractivity contribution < 1.29 is 19.0 Å². The minimum absolute atomic E-state index is 0.161. The van der Waals surface area contributed by atoms with Crippen LogP contribution in [0, 0.1) is 6.92 Å². The standard InChI is InChI=1S/C14H18N6O3/c1-7(2)20-8(3)5-18-10-11(16-13(18)20)17(4)14(23)19(12(10)22)6-9(15)21/h5,7,10H,6H2,1-4H3,(H-,15,21)/p+1. The molecule has 0 aliphatic carbocycles. The van der Waals surface area contributed by atoms with Crippen LogP contribution in [0.4, 0.5) is 10.7 Å². The maximum atomic E-state index is 12.7. The summed E-state index contributed by atoms with van der Waals surface area (Å²) in [6.45, 7) is 5.54. The van der Waals surface area contributed by atoms with Gasteiger partial charge >= 0.3 is 12.0 Å². The molecule has 1 fully saturated rings. The van der Waals surface area contributed by atoms with Gasteiger partial charge in [0, 0.05) is 7.05 Å². The number of hydrogen-bond donors (Lipinski definition) is 1. The molecule has 1 unspecified atom stereocenters. The van der Waals surface area contributed by atoms with Gasteiger partial charge in [0.25, 0.3) is 5.91 Å². The molecule has 4 amide bonds. The third-order valence-electron chi connectivity index (χ3n) is 4.08. The zero-order valence-corrected chi connectivity index (χ0v) is 13.5. The number of fused-ring (bicyclic) bond motifs is 3. The molecule has 0 aromatic carbocycles. The molecule has 0 saturated carbocycles. The van der Waals surface area contributed by atoms with Crippen molar-refractivity contribution in [3.05, 3.63) is 11.9 Å². The third-order valence-corrected chi connectivity index (χ3v) is 4.08. The molecule has 2 aliphatic rings. The number of hydrogen-bond acceptors (Lipinski definition) is 4. The van der Waals surface area contributed by atoms with Gasteiger partial charge in [-0.1, -0.05) is 4.99 Å². The molecule has 122 valence electrons. The van der Waals surface area contributed by atoms with Crippen LogP contribution in [0.2, 0.25) is 0 Å². The monoisotopic (exact) mass is 319 g/mol. The smallest absolute Gasteiger partial charge is 0.368 e. The molecule has 1 saturated heterocycles. The van der Waals surface area contributed by atoms with E-state index < -0.39 is 30.4 Å². The summed E-state index contributed by atoms with van der Waals surface area (Å²) in [5.74, 6) is -0.244. The maximum Gasteiger partial charge on any atom is 0.402 e. The van der Waals surface area contributed by atoms with Crippen LogP contribution < -0.4 is 10.3 Å². The molecular formula is C14H19N6O3+. The van der Waals surface area contributed by atoms with E-state index in [0.717, 1.165) is 10.6 Å². The predicted octanol–water partition coefficient (Wildman–Crippen LogP) is -0.371. The number of carbonyl (C=O) groups excluding carboxylic acids is 3. The van der Waals surface area contributed by atoms with Crippen molar-refractivity contribution >= 4 is 29.6 Å². The molecule has 0 spiro atoms. The van der Waals surface area contributed by atoms with Crippen LogP contribution in [0.3, 0.4) is 0 Å². The van der Waals surface area contributed by atoms with Crippen LogP contribution in [-0.4, -0.2) is 51.6 Å². The van der Waals surface area contributed by atoms with E-state index in [1.54, 1.807) is 4.57 Å². The van der Waals surface area contributed by atoms with Gasteiger partial charge in [0.15, 0.2) is 0 Å². The molecular weight excluding hydrogens is 300 g/mol. The lowest BCUT2D eigenvalue weighted by molar-refractivity contribution is -0.677. The Morgan fingerprint density at radius 2 is 2.09 bits per heavy atom. The van der Waals surface area contributed by atoms with Gasteiger partial charge in [0.05, 0.1) is 6.04 Å². The average Bonchev–Trinajstić information content (AvgIpc) is 2.95. The molecule has 2 N–H and O–H groups in total. The Kier molecular flexibility index (Phi) is 3.24. The molecule has 2 aliphatic heterocycles. The fourth-order valence-electron chi connectivity index (χ4n) is 3.14. The first-order chi connectivity index (χ1) is 10.7. The second-order valence-corrected chi connectivity index (χ2v) is 6.05. The van der Waals surface area contributed by atoms with Crippen molar-refractivity contribution in [3.8, 4) is 0 Å². The number of primary amides is 1. The number of amidine groups is 1. The van der Waals surface area contributed by atoms with Crippen LogP contribution >= 0.6 is 0 Å². The highest BCUT2D eigenvalue weighted by Crippen LogP contribution is 2.30. The van der Waals surface area contributed by atoms with Gasteiger partial charge in [0.2, 0.25) is 17.8 Å². The van der Waals surface area contributed by atoms with Crippen molar-refractivity contribution in [1.29, 1.82) is 0 Å². The first-order valence-electron chi connectivity index (χ1n) is 7.33. The number of carbonyl (C=O) groups is 3. The molecule has 1 aromatic heterocycles. The molecule has 3 heterocycles. The average molecular weight is 319 g/mol. The Bertz CT molecular complexity index is 763.